The Morgan fingerprint density at radius 3 is 2.63 bits per heavy atom. The number of halogens is 1. The summed E-state index contributed by atoms with van der Waals surface area (Å²) in [5.41, 5.74) is 0.496. The largest absolute Gasteiger partial charge is 0.342 e. The minimum Gasteiger partial charge on any atom is -0.342 e. The van der Waals surface area contributed by atoms with Crippen LogP contribution in [-0.2, 0) is 5.54 Å². The zero-order valence-corrected chi connectivity index (χ0v) is 16.2. The van der Waals surface area contributed by atoms with Crippen molar-refractivity contribution in [1.82, 2.24) is 20.4 Å². The maximum atomic E-state index is 12.6. The SMILES string of the molecule is CC(C)(NC(=O)c1ccn(C2CCCNC2)n1)c1ccc([N+](=O)[O-])cc1.Cl. The maximum absolute atomic E-state index is 12.6. The van der Waals surface area contributed by atoms with Crippen molar-refractivity contribution in [1.29, 1.82) is 0 Å². The van der Waals surface area contributed by atoms with Crippen molar-refractivity contribution in [3.05, 3.63) is 57.9 Å². The lowest BCUT2D eigenvalue weighted by Crippen LogP contribution is -2.41. The van der Waals surface area contributed by atoms with Gasteiger partial charge in [-0.2, -0.15) is 5.10 Å². The monoisotopic (exact) mass is 393 g/mol. The second-order valence-corrected chi connectivity index (χ2v) is 7.06. The number of hydrogen-bond acceptors (Lipinski definition) is 5. The molecule has 2 N–H and O–H groups in total. The number of aromatic nitrogens is 2. The van der Waals surface area contributed by atoms with Gasteiger partial charge < -0.3 is 10.6 Å². The van der Waals surface area contributed by atoms with Crippen molar-refractivity contribution in [3.63, 3.8) is 0 Å². The number of amides is 1. The number of carbonyl (C=O) groups is 1. The number of carbonyl (C=O) groups excluding carboxylic acids is 1. The molecule has 1 atom stereocenters. The summed E-state index contributed by atoms with van der Waals surface area (Å²) in [7, 11) is 0. The van der Waals surface area contributed by atoms with Crippen LogP contribution in [0.4, 0.5) is 5.69 Å². The van der Waals surface area contributed by atoms with Crippen LogP contribution in [0.15, 0.2) is 36.5 Å². The zero-order valence-electron chi connectivity index (χ0n) is 15.3. The van der Waals surface area contributed by atoms with E-state index in [1.54, 1.807) is 18.2 Å². The van der Waals surface area contributed by atoms with Crippen LogP contribution in [0.3, 0.4) is 0 Å². The van der Waals surface area contributed by atoms with Crippen LogP contribution in [0.2, 0.25) is 0 Å². The van der Waals surface area contributed by atoms with Crippen LogP contribution in [-0.4, -0.2) is 33.7 Å². The molecular weight excluding hydrogens is 370 g/mol. The van der Waals surface area contributed by atoms with E-state index in [4.69, 9.17) is 0 Å². The van der Waals surface area contributed by atoms with E-state index in [2.05, 4.69) is 15.7 Å². The van der Waals surface area contributed by atoms with E-state index < -0.39 is 10.5 Å². The van der Waals surface area contributed by atoms with Crippen LogP contribution in [0.5, 0.6) is 0 Å². The highest BCUT2D eigenvalue weighted by Crippen LogP contribution is 2.23. The summed E-state index contributed by atoms with van der Waals surface area (Å²) in [5, 5.41) is 21.5. The Balaban J connectivity index is 0.00000261. The van der Waals surface area contributed by atoms with Crippen LogP contribution < -0.4 is 10.6 Å². The Bertz CT molecular complexity index is 798. The normalized spacial score (nSPS) is 17.0. The molecule has 2 heterocycles. The van der Waals surface area contributed by atoms with Gasteiger partial charge in [0.2, 0.25) is 0 Å². The van der Waals surface area contributed by atoms with Gasteiger partial charge in [0.1, 0.15) is 5.69 Å². The fourth-order valence-electron chi connectivity index (χ4n) is 3.14. The average Bonchev–Trinajstić information content (AvgIpc) is 3.12. The number of piperidine rings is 1. The minimum atomic E-state index is -0.678. The highest BCUT2D eigenvalue weighted by molar-refractivity contribution is 5.92. The molecule has 0 aliphatic carbocycles. The van der Waals surface area contributed by atoms with Crippen LogP contribution in [0.1, 0.15) is 48.8 Å². The smallest absolute Gasteiger partial charge is 0.272 e. The number of benzene rings is 1. The van der Waals surface area contributed by atoms with Gasteiger partial charge in [-0.25, -0.2) is 0 Å². The quantitative estimate of drug-likeness (QED) is 0.600. The number of nitro groups is 1. The lowest BCUT2D eigenvalue weighted by atomic mass is 9.94. The van der Waals surface area contributed by atoms with Crippen molar-refractivity contribution >= 4 is 24.0 Å². The van der Waals surface area contributed by atoms with Crippen molar-refractivity contribution in [2.75, 3.05) is 13.1 Å². The number of nitro benzene ring substituents is 1. The number of nitrogens with zero attached hydrogens (tertiary/aromatic N) is 3. The molecule has 1 aliphatic rings. The van der Waals surface area contributed by atoms with Gasteiger partial charge in [-0.3, -0.25) is 19.6 Å². The first-order chi connectivity index (χ1) is 12.4. The van der Waals surface area contributed by atoms with E-state index >= 15 is 0 Å². The molecule has 1 unspecified atom stereocenters. The Hall–Kier alpha value is -2.45. The zero-order chi connectivity index (χ0) is 18.7. The molecule has 1 aliphatic heterocycles. The maximum Gasteiger partial charge on any atom is 0.272 e. The molecular formula is C18H24ClN5O3. The number of non-ortho nitro benzene ring substituents is 1. The van der Waals surface area contributed by atoms with Crippen LogP contribution >= 0.6 is 12.4 Å². The van der Waals surface area contributed by atoms with Gasteiger partial charge in [-0.15, -0.1) is 12.4 Å². The standard InChI is InChI=1S/C18H23N5O3.ClH/c1-18(2,13-5-7-14(8-6-13)23(25)26)20-17(24)16-9-11-22(21-16)15-4-3-10-19-12-15;/h5-9,11,15,19H,3-4,10,12H2,1-2H3,(H,20,24);1H. The Labute approximate surface area is 163 Å². The van der Waals surface area contributed by atoms with Gasteiger partial charge in [0.15, 0.2) is 0 Å². The molecule has 9 heteroatoms. The summed E-state index contributed by atoms with van der Waals surface area (Å²) >= 11 is 0. The molecule has 3 rings (SSSR count). The summed E-state index contributed by atoms with van der Waals surface area (Å²) in [6.45, 7) is 5.59. The van der Waals surface area contributed by atoms with Crippen LogP contribution in [0.25, 0.3) is 0 Å². The molecule has 0 saturated carbocycles. The average molecular weight is 394 g/mol. The number of hydrogen-bond donors (Lipinski definition) is 2. The second kappa shape index (κ2) is 8.49. The predicted molar refractivity (Wildman–Crippen MR) is 104 cm³/mol. The van der Waals surface area contributed by atoms with Crippen molar-refractivity contribution in [3.8, 4) is 0 Å². The lowest BCUT2D eigenvalue weighted by Gasteiger charge is -2.26. The third kappa shape index (κ3) is 4.84. The molecule has 2 aromatic rings. The molecule has 27 heavy (non-hydrogen) atoms. The Morgan fingerprint density at radius 2 is 2.04 bits per heavy atom. The third-order valence-corrected chi connectivity index (χ3v) is 4.71. The lowest BCUT2D eigenvalue weighted by molar-refractivity contribution is -0.384. The predicted octanol–water partition coefficient (Wildman–Crippen LogP) is 2.80. The van der Waals surface area contributed by atoms with Crippen molar-refractivity contribution in [2.45, 2.75) is 38.3 Å². The van der Waals surface area contributed by atoms with E-state index in [0.717, 1.165) is 31.5 Å². The summed E-state index contributed by atoms with van der Waals surface area (Å²) in [6, 6.07) is 8.18. The molecule has 8 nitrogen and oxygen atoms in total. The molecule has 0 spiro atoms. The molecule has 1 fully saturated rings. The van der Waals surface area contributed by atoms with E-state index in [0.29, 0.717) is 5.69 Å². The Kier molecular flexibility index (Phi) is 6.56. The molecule has 0 radical (unpaired) electrons. The van der Waals surface area contributed by atoms with E-state index in [1.165, 1.54) is 12.1 Å². The molecule has 1 amide bonds. The first-order valence-electron chi connectivity index (χ1n) is 8.70. The second-order valence-electron chi connectivity index (χ2n) is 7.06. The third-order valence-electron chi connectivity index (χ3n) is 4.71. The van der Waals surface area contributed by atoms with Crippen molar-refractivity contribution in [2.24, 2.45) is 0 Å². The Morgan fingerprint density at radius 1 is 1.33 bits per heavy atom. The van der Waals surface area contributed by atoms with Crippen molar-refractivity contribution < 1.29 is 9.72 Å². The topological polar surface area (TPSA) is 102 Å². The van der Waals surface area contributed by atoms with Gasteiger partial charge in [0.05, 0.1) is 16.5 Å². The van der Waals surface area contributed by atoms with E-state index in [-0.39, 0.29) is 30.0 Å². The summed E-state index contributed by atoms with van der Waals surface area (Å²) in [4.78, 5) is 22.9. The molecule has 1 aromatic heterocycles. The van der Waals surface area contributed by atoms with Gasteiger partial charge in [-0.05, 0) is 57.0 Å². The van der Waals surface area contributed by atoms with Gasteiger partial charge in [0.25, 0.3) is 11.6 Å². The van der Waals surface area contributed by atoms with Gasteiger partial charge >= 0.3 is 0 Å². The first kappa shape index (κ1) is 20.9. The minimum absolute atomic E-state index is 0. The van der Waals surface area contributed by atoms with Gasteiger partial charge in [0, 0.05) is 24.9 Å². The number of rotatable bonds is 5. The van der Waals surface area contributed by atoms with Crippen LogP contribution in [0, 0.1) is 10.1 Å². The summed E-state index contributed by atoms with van der Waals surface area (Å²) in [5.74, 6) is -0.268. The van der Waals surface area contributed by atoms with E-state index in [1.807, 2.05) is 24.7 Å². The fraction of sp³-hybridized carbons (Fsp3) is 0.444. The van der Waals surface area contributed by atoms with E-state index in [9.17, 15) is 14.9 Å². The first-order valence-corrected chi connectivity index (χ1v) is 8.70. The molecule has 1 aromatic carbocycles. The fourth-order valence-corrected chi connectivity index (χ4v) is 3.14. The highest BCUT2D eigenvalue weighted by atomic mass is 35.5. The number of nitrogens with one attached hydrogen (secondary N) is 2. The van der Waals surface area contributed by atoms with Gasteiger partial charge in [-0.1, -0.05) is 0 Å². The summed E-state index contributed by atoms with van der Waals surface area (Å²) in [6.07, 6.45) is 3.98. The summed E-state index contributed by atoms with van der Waals surface area (Å²) < 4.78 is 1.85. The molecule has 146 valence electrons. The highest BCUT2D eigenvalue weighted by Gasteiger charge is 2.26. The molecule has 1 saturated heterocycles. The molecule has 0 bridgehead atoms.